The molecular formula is C13H16N4O2. The van der Waals surface area contributed by atoms with Gasteiger partial charge in [-0.05, 0) is 30.7 Å². The van der Waals surface area contributed by atoms with Crippen LogP contribution in [0.5, 0.6) is 5.75 Å². The number of nitrogens with one attached hydrogen (secondary N) is 2. The first kappa shape index (κ1) is 12.9. The molecule has 0 saturated carbocycles. The fraction of sp³-hybridized carbons (Fsp3) is 0.231. The third kappa shape index (κ3) is 3.74. The van der Waals surface area contributed by atoms with E-state index in [-0.39, 0.29) is 12.5 Å². The second-order valence-corrected chi connectivity index (χ2v) is 4.04. The van der Waals surface area contributed by atoms with Crippen LogP contribution in [0.25, 0.3) is 0 Å². The van der Waals surface area contributed by atoms with Crippen molar-refractivity contribution in [1.82, 2.24) is 10.2 Å². The molecule has 0 saturated heterocycles. The Hall–Kier alpha value is -2.50. The predicted molar refractivity (Wildman–Crippen MR) is 72.9 cm³/mol. The second-order valence-electron chi connectivity index (χ2n) is 4.04. The molecule has 1 amide bonds. The molecule has 0 aliphatic rings. The standard InChI is InChI=1S/C13H16N4O2/c1-2-10-7-12(17-16-10)15-13(18)8-19-11-5-3-9(14)4-6-11/h3-7H,2,8,14H2,1H3,(H2,15,16,17,18). The van der Waals surface area contributed by atoms with Gasteiger partial charge >= 0.3 is 0 Å². The highest BCUT2D eigenvalue weighted by molar-refractivity contribution is 5.90. The van der Waals surface area contributed by atoms with E-state index < -0.39 is 0 Å². The summed E-state index contributed by atoms with van der Waals surface area (Å²) in [4.78, 5) is 11.6. The van der Waals surface area contributed by atoms with Crippen LogP contribution in [-0.4, -0.2) is 22.7 Å². The van der Waals surface area contributed by atoms with Gasteiger partial charge in [0, 0.05) is 17.4 Å². The number of carbonyl (C=O) groups is 1. The highest BCUT2D eigenvalue weighted by Gasteiger charge is 2.06. The maximum absolute atomic E-state index is 11.6. The van der Waals surface area contributed by atoms with Gasteiger partial charge < -0.3 is 15.8 Å². The number of nitrogens with two attached hydrogens (primary N) is 1. The quantitative estimate of drug-likeness (QED) is 0.711. The first-order chi connectivity index (χ1) is 9.17. The number of hydrogen-bond acceptors (Lipinski definition) is 4. The number of amides is 1. The van der Waals surface area contributed by atoms with Gasteiger partial charge in [0.2, 0.25) is 0 Å². The Balaban J connectivity index is 1.82. The second kappa shape index (κ2) is 5.90. The van der Waals surface area contributed by atoms with Crippen molar-refractivity contribution in [3.05, 3.63) is 36.0 Å². The summed E-state index contributed by atoms with van der Waals surface area (Å²) in [7, 11) is 0. The normalized spacial score (nSPS) is 10.2. The maximum Gasteiger partial charge on any atom is 0.263 e. The van der Waals surface area contributed by atoms with Gasteiger partial charge in [-0.3, -0.25) is 9.89 Å². The largest absolute Gasteiger partial charge is 0.484 e. The van der Waals surface area contributed by atoms with Crippen LogP contribution in [0.2, 0.25) is 0 Å². The van der Waals surface area contributed by atoms with E-state index in [1.807, 2.05) is 6.92 Å². The predicted octanol–water partition coefficient (Wildman–Crippen LogP) is 1.57. The van der Waals surface area contributed by atoms with E-state index in [4.69, 9.17) is 10.5 Å². The van der Waals surface area contributed by atoms with Gasteiger partial charge in [0.25, 0.3) is 5.91 Å². The third-order valence-electron chi connectivity index (χ3n) is 2.53. The summed E-state index contributed by atoms with van der Waals surface area (Å²) in [5.74, 6) is 0.842. The summed E-state index contributed by atoms with van der Waals surface area (Å²) in [6.07, 6.45) is 0.838. The molecule has 2 aromatic rings. The van der Waals surface area contributed by atoms with Gasteiger partial charge in [-0.25, -0.2) is 0 Å². The molecule has 0 aliphatic carbocycles. The van der Waals surface area contributed by atoms with Crippen molar-refractivity contribution in [1.29, 1.82) is 0 Å². The van der Waals surface area contributed by atoms with Crippen LogP contribution >= 0.6 is 0 Å². The average Bonchev–Trinajstić information content (AvgIpc) is 2.86. The monoisotopic (exact) mass is 260 g/mol. The van der Waals surface area contributed by atoms with E-state index in [2.05, 4.69) is 15.5 Å². The van der Waals surface area contributed by atoms with E-state index in [0.717, 1.165) is 12.1 Å². The Morgan fingerprint density at radius 3 is 2.79 bits per heavy atom. The molecule has 19 heavy (non-hydrogen) atoms. The Morgan fingerprint density at radius 1 is 1.42 bits per heavy atom. The minimum atomic E-state index is -0.258. The number of hydrogen-bond donors (Lipinski definition) is 3. The summed E-state index contributed by atoms with van der Waals surface area (Å²) >= 11 is 0. The van der Waals surface area contributed by atoms with Crippen molar-refractivity contribution >= 4 is 17.4 Å². The number of ether oxygens (including phenoxy) is 1. The number of anilines is 2. The van der Waals surface area contributed by atoms with Crippen LogP contribution in [0.1, 0.15) is 12.6 Å². The number of rotatable bonds is 5. The number of aryl methyl sites for hydroxylation is 1. The number of carbonyl (C=O) groups excluding carboxylic acids is 1. The van der Waals surface area contributed by atoms with Crippen LogP contribution in [0.3, 0.4) is 0 Å². The van der Waals surface area contributed by atoms with Crippen molar-refractivity contribution in [3.8, 4) is 5.75 Å². The molecule has 1 aromatic heterocycles. The smallest absolute Gasteiger partial charge is 0.263 e. The molecule has 0 radical (unpaired) electrons. The van der Waals surface area contributed by atoms with Crippen molar-refractivity contribution in [2.75, 3.05) is 17.7 Å². The molecular weight excluding hydrogens is 244 g/mol. The lowest BCUT2D eigenvalue weighted by atomic mass is 10.3. The highest BCUT2D eigenvalue weighted by Crippen LogP contribution is 2.13. The van der Waals surface area contributed by atoms with Crippen LogP contribution in [0.15, 0.2) is 30.3 Å². The molecule has 0 aliphatic heterocycles. The van der Waals surface area contributed by atoms with Crippen molar-refractivity contribution < 1.29 is 9.53 Å². The molecule has 0 fully saturated rings. The number of H-pyrrole nitrogens is 1. The molecule has 0 bridgehead atoms. The number of nitrogens with zero attached hydrogens (tertiary/aromatic N) is 1. The first-order valence-electron chi connectivity index (χ1n) is 6.00. The van der Waals surface area contributed by atoms with Crippen molar-refractivity contribution in [2.24, 2.45) is 0 Å². The molecule has 1 heterocycles. The minimum Gasteiger partial charge on any atom is -0.484 e. The lowest BCUT2D eigenvalue weighted by Crippen LogP contribution is -2.20. The van der Waals surface area contributed by atoms with Gasteiger partial charge in [0.1, 0.15) is 5.75 Å². The zero-order valence-corrected chi connectivity index (χ0v) is 10.6. The average molecular weight is 260 g/mol. The molecule has 6 heteroatoms. The highest BCUT2D eigenvalue weighted by atomic mass is 16.5. The van der Waals surface area contributed by atoms with Crippen molar-refractivity contribution in [3.63, 3.8) is 0 Å². The zero-order chi connectivity index (χ0) is 13.7. The summed E-state index contributed by atoms with van der Waals surface area (Å²) in [5.41, 5.74) is 7.17. The van der Waals surface area contributed by atoms with Crippen molar-refractivity contribution in [2.45, 2.75) is 13.3 Å². The van der Waals surface area contributed by atoms with E-state index in [1.165, 1.54) is 0 Å². The molecule has 0 spiro atoms. The zero-order valence-electron chi connectivity index (χ0n) is 10.6. The SMILES string of the molecule is CCc1cc(NC(=O)COc2ccc(N)cc2)n[nH]1. The topological polar surface area (TPSA) is 93.0 Å². The lowest BCUT2D eigenvalue weighted by molar-refractivity contribution is -0.118. The Labute approximate surface area is 111 Å². The van der Waals surface area contributed by atoms with E-state index >= 15 is 0 Å². The molecule has 0 atom stereocenters. The van der Waals surface area contributed by atoms with Gasteiger partial charge in [0.05, 0.1) is 0 Å². The summed E-state index contributed by atoms with van der Waals surface area (Å²) in [5, 5.41) is 9.43. The fourth-order valence-corrected chi connectivity index (χ4v) is 1.50. The Kier molecular flexibility index (Phi) is 4.02. The maximum atomic E-state index is 11.6. The third-order valence-corrected chi connectivity index (χ3v) is 2.53. The summed E-state index contributed by atoms with van der Waals surface area (Å²) in [6.45, 7) is 1.93. The first-order valence-corrected chi connectivity index (χ1v) is 6.00. The lowest BCUT2D eigenvalue weighted by Gasteiger charge is -2.05. The van der Waals surface area contributed by atoms with E-state index in [0.29, 0.717) is 17.3 Å². The minimum absolute atomic E-state index is 0.0712. The molecule has 4 N–H and O–H groups in total. The van der Waals surface area contributed by atoms with Crippen LogP contribution in [0.4, 0.5) is 11.5 Å². The van der Waals surface area contributed by atoms with Gasteiger partial charge in [0.15, 0.2) is 12.4 Å². The molecule has 6 nitrogen and oxygen atoms in total. The number of benzene rings is 1. The van der Waals surface area contributed by atoms with E-state index in [9.17, 15) is 4.79 Å². The van der Waals surface area contributed by atoms with Gasteiger partial charge in [-0.2, -0.15) is 5.10 Å². The Morgan fingerprint density at radius 2 is 2.16 bits per heavy atom. The summed E-state index contributed by atoms with van der Waals surface area (Å²) in [6, 6.07) is 8.66. The number of aromatic nitrogens is 2. The number of aromatic amines is 1. The molecule has 1 aromatic carbocycles. The van der Waals surface area contributed by atoms with Gasteiger partial charge in [-0.15, -0.1) is 0 Å². The molecule has 2 rings (SSSR count). The van der Waals surface area contributed by atoms with Crippen LogP contribution < -0.4 is 15.8 Å². The van der Waals surface area contributed by atoms with E-state index in [1.54, 1.807) is 30.3 Å². The number of nitrogen functional groups attached to an aromatic ring is 1. The van der Waals surface area contributed by atoms with Gasteiger partial charge in [-0.1, -0.05) is 6.92 Å². The molecule has 0 unspecified atom stereocenters. The summed E-state index contributed by atoms with van der Waals surface area (Å²) < 4.78 is 5.32. The molecule has 100 valence electrons. The Bertz CT molecular complexity index is 548. The van der Waals surface area contributed by atoms with Crippen LogP contribution in [0, 0.1) is 0 Å². The fourth-order valence-electron chi connectivity index (χ4n) is 1.50. The van der Waals surface area contributed by atoms with Crippen LogP contribution in [-0.2, 0) is 11.2 Å².